The number of aromatic nitrogens is 3. The number of aryl methyl sites for hydroxylation is 2. The van der Waals surface area contributed by atoms with E-state index in [2.05, 4.69) is 23.0 Å². The zero-order valence-corrected chi connectivity index (χ0v) is 9.99. The Hall–Kier alpha value is -1.77. The molecule has 3 nitrogen and oxygen atoms in total. The minimum atomic E-state index is 0.178. The van der Waals surface area contributed by atoms with Gasteiger partial charge in [-0.2, -0.15) is 0 Å². The van der Waals surface area contributed by atoms with E-state index in [0.29, 0.717) is 0 Å². The second kappa shape index (κ2) is 2.73. The molecule has 0 N–H and O–H groups in total. The Bertz CT molecular complexity index is 642. The van der Waals surface area contributed by atoms with E-state index in [0.717, 1.165) is 11.5 Å². The molecule has 0 aliphatic heterocycles. The van der Waals surface area contributed by atoms with Gasteiger partial charge in [-0.25, -0.2) is 9.97 Å². The minimum absolute atomic E-state index is 0.178. The number of nitrogens with zero attached hydrogens (tertiary/aromatic N) is 3. The first-order chi connectivity index (χ1) is 8.22. The van der Waals surface area contributed by atoms with E-state index < -0.39 is 0 Å². The van der Waals surface area contributed by atoms with Crippen molar-refractivity contribution in [3.05, 3.63) is 41.2 Å². The Morgan fingerprint density at radius 3 is 2.76 bits per heavy atom. The second-order valence-corrected chi connectivity index (χ2v) is 5.08. The van der Waals surface area contributed by atoms with E-state index in [1.54, 1.807) is 0 Å². The summed E-state index contributed by atoms with van der Waals surface area (Å²) < 4.78 is 0. The van der Waals surface area contributed by atoms with Crippen LogP contribution in [0.15, 0.2) is 18.5 Å². The molecule has 1 fully saturated rings. The van der Waals surface area contributed by atoms with Crippen LogP contribution in [-0.4, -0.2) is 15.0 Å². The van der Waals surface area contributed by atoms with E-state index in [1.807, 2.05) is 19.3 Å². The third-order valence-electron chi connectivity index (χ3n) is 4.01. The molecular formula is C14H13N3. The molecule has 1 saturated carbocycles. The minimum Gasteiger partial charge on any atom is -0.264 e. The highest BCUT2D eigenvalue weighted by Gasteiger charge is 2.54. The van der Waals surface area contributed by atoms with E-state index >= 15 is 0 Å². The Morgan fingerprint density at radius 2 is 2.00 bits per heavy atom. The second-order valence-electron chi connectivity index (χ2n) is 5.08. The molecule has 84 valence electrons. The van der Waals surface area contributed by atoms with Crippen LogP contribution in [0.2, 0.25) is 0 Å². The molecule has 0 radical (unpaired) electrons. The molecule has 0 aromatic carbocycles. The van der Waals surface area contributed by atoms with Gasteiger partial charge in [0.15, 0.2) is 0 Å². The molecule has 0 unspecified atom stereocenters. The molecule has 4 rings (SSSR count). The molecule has 2 aromatic heterocycles. The normalized spacial score (nSPS) is 18.0. The summed E-state index contributed by atoms with van der Waals surface area (Å²) in [4.78, 5) is 13.5. The predicted octanol–water partition coefficient (Wildman–Crippen LogP) is 2.55. The standard InChI is InChI=1S/C14H13N3/c1-8-12-10-3-6-15-7-11(10)14(4-5-14)13(12)17-9(2)16-8/h3,6-7H,4-5H2,1-2H3. The third kappa shape index (κ3) is 0.996. The van der Waals surface area contributed by atoms with Crippen molar-refractivity contribution in [2.45, 2.75) is 32.1 Å². The summed E-state index contributed by atoms with van der Waals surface area (Å²) >= 11 is 0. The zero-order chi connectivity index (χ0) is 11.6. The highest BCUT2D eigenvalue weighted by atomic mass is 14.9. The maximum absolute atomic E-state index is 4.71. The van der Waals surface area contributed by atoms with Gasteiger partial charge >= 0.3 is 0 Å². The third-order valence-corrected chi connectivity index (χ3v) is 4.01. The quantitative estimate of drug-likeness (QED) is 0.689. The van der Waals surface area contributed by atoms with Crippen molar-refractivity contribution in [1.29, 1.82) is 0 Å². The molecule has 2 aliphatic rings. The highest BCUT2D eigenvalue weighted by molar-refractivity contribution is 5.82. The van der Waals surface area contributed by atoms with Crippen LogP contribution < -0.4 is 0 Å². The van der Waals surface area contributed by atoms with Crippen LogP contribution in [0, 0.1) is 13.8 Å². The molecule has 0 bridgehead atoms. The summed E-state index contributed by atoms with van der Waals surface area (Å²) in [5.74, 6) is 0.883. The Balaban J connectivity index is 2.15. The molecule has 0 saturated heterocycles. The summed E-state index contributed by atoms with van der Waals surface area (Å²) in [7, 11) is 0. The molecule has 1 spiro atoms. The van der Waals surface area contributed by atoms with Gasteiger partial charge in [0.1, 0.15) is 5.82 Å². The van der Waals surface area contributed by atoms with E-state index in [-0.39, 0.29) is 5.41 Å². The average molecular weight is 223 g/mol. The fraction of sp³-hybridized carbons (Fsp3) is 0.357. The molecule has 2 aromatic rings. The van der Waals surface area contributed by atoms with Crippen LogP contribution in [-0.2, 0) is 5.41 Å². The molecule has 0 atom stereocenters. The molecule has 0 amide bonds. The number of rotatable bonds is 0. The lowest BCUT2D eigenvalue weighted by molar-refractivity contribution is 0.805. The van der Waals surface area contributed by atoms with Gasteiger partial charge in [0.05, 0.1) is 5.69 Å². The van der Waals surface area contributed by atoms with Gasteiger partial charge in [-0.15, -0.1) is 0 Å². The lowest BCUT2D eigenvalue weighted by Crippen LogP contribution is -2.08. The van der Waals surface area contributed by atoms with E-state index in [4.69, 9.17) is 4.98 Å². The first-order valence-corrected chi connectivity index (χ1v) is 6.03. The van der Waals surface area contributed by atoms with Crippen LogP contribution in [0.1, 0.15) is 35.6 Å². The largest absolute Gasteiger partial charge is 0.264 e. The average Bonchev–Trinajstić information content (AvgIpc) is 3.04. The van der Waals surface area contributed by atoms with E-state index in [9.17, 15) is 0 Å². The Kier molecular flexibility index (Phi) is 1.49. The summed E-state index contributed by atoms with van der Waals surface area (Å²) in [5, 5.41) is 0. The molecule has 2 heterocycles. The first kappa shape index (κ1) is 9.28. The van der Waals surface area contributed by atoms with Gasteiger partial charge in [0.2, 0.25) is 0 Å². The summed E-state index contributed by atoms with van der Waals surface area (Å²) in [6.07, 6.45) is 6.28. The number of pyridine rings is 1. The number of hydrogen-bond donors (Lipinski definition) is 0. The maximum atomic E-state index is 4.71. The zero-order valence-electron chi connectivity index (χ0n) is 9.99. The van der Waals surface area contributed by atoms with Gasteiger partial charge in [0.25, 0.3) is 0 Å². The highest BCUT2D eigenvalue weighted by Crippen LogP contribution is 2.61. The number of hydrogen-bond acceptors (Lipinski definition) is 3. The maximum Gasteiger partial charge on any atom is 0.125 e. The van der Waals surface area contributed by atoms with Gasteiger partial charge in [-0.1, -0.05) is 0 Å². The fourth-order valence-corrected chi connectivity index (χ4v) is 3.13. The van der Waals surface area contributed by atoms with Crippen molar-refractivity contribution < 1.29 is 0 Å². The van der Waals surface area contributed by atoms with Gasteiger partial charge < -0.3 is 0 Å². The predicted molar refractivity (Wildman–Crippen MR) is 64.8 cm³/mol. The summed E-state index contributed by atoms with van der Waals surface area (Å²) in [5.41, 5.74) is 6.43. The lowest BCUT2D eigenvalue weighted by atomic mass is 9.99. The van der Waals surface area contributed by atoms with Gasteiger partial charge in [-0.05, 0) is 43.9 Å². The van der Waals surface area contributed by atoms with Crippen LogP contribution in [0.4, 0.5) is 0 Å². The topological polar surface area (TPSA) is 38.7 Å². The van der Waals surface area contributed by atoms with Crippen molar-refractivity contribution >= 4 is 0 Å². The fourth-order valence-electron chi connectivity index (χ4n) is 3.13. The van der Waals surface area contributed by atoms with Crippen molar-refractivity contribution in [1.82, 2.24) is 15.0 Å². The van der Waals surface area contributed by atoms with Crippen molar-refractivity contribution in [3.8, 4) is 11.1 Å². The smallest absolute Gasteiger partial charge is 0.125 e. The van der Waals surface area contributed by atoms with Crippen LogP contribution in [0.5, 0.6) is 0 Å². The first-order valence-electron chi connectivity index (χ1n) is 6.03. The van der Waals surface area contributed by atoms with Crippen LogP contribution in [0.3, 0.4) is 0 Å². The SMILES string of the molecule is Cc1nc(C)c2c(n1)C1(CC1)c1cnccc1-2. The molecule has 2 aliphatic carbocycles. The van der Waals surface area contributed by atoms with E-state index in [1.165, 1.54) is 35.2 Å². The van der Waals surface area contributed by atoms with Gasteiger partial charge in [-0.3, -0.25) is 4.98 Å². The Labute approximate surface area is 100.0 Å². The number of fused-ring (bicyclic) bond motifs is 5. The van der Waals surface area contributed by atoms with Crippen molar-refractivity contribution in [2.75, 3.05) is 0 Å². The van der Waals surface area contributed by atoms with Gasteiger partial charge in [0, 0.05) is 29.1 Å². The molecular weight excluding hydrogens is 210 g/mol. The molecule has 3 heteroatoms. The Morgan fingerprint density at radius 1 is 1.18 bits per heavy atom. The van der Waals surface area contributed by atoms with Crippen molar-refractivity contribution in [2.24, 2.45) is 0 Å². The van der Waals surface area contributed by atoms with Crippen LogP contribution >= 0.6 is 0 Å². The summed E-state index contributed by atoms with van der Waals surface area (Å²) in [6, 6.07) is 2.10. The van der Waals surface area contributed by atoms with Crippen LogP contribution in [0.25, 0.3) is 11.1 Å². The monoisotopic (exact) mass is 223 g/mol. The lowest BCUT2D eigenvalue weighted by Gasteiger charge is -2.09. The van der Waals surface area contributed by atoms with Crippen molar-refractivity contribution in [3.63, 3.8) is 0 Å². The molecule has 17 heavy (non-hydrogen) atoms. The summed E-state index contributed by atoms with van der Waals surface area (Å²) in [6.45, 7) is 4.06.